The van der Waals surface area contributed by atoms with Crippen molar-refractivity contribution in [2.24, 2.45) is 11.7 Å². The van der Waals surface area contributed by atoms with Crippen LogP contribution in [0.5, 0.6) is 5.75 Å². The molecule has 1 unspecified atom stereocenters. The highest BCUT2D eigenvalue weighted by atomic mass is 16.5. The van der Waals surface area contributed by atoms with Crippen LogP contribution in [-0.2, 0) is 0 Å². The van der Waals surface area contributed by atoms with Gasteiger partial charge in [-0.2, -0.15) is 0 Å². The highest BCUT2D eigenvalue weighted by Crippen LogP contribution is 2.12. The summed E-state index contributed by atoms with van der Waals surface area (Å²) >= 11 is 0. The molecule has 0 fully saturated rings. The Labute approximate surface area is 92.4 Å². The molecule has 0 aliphatic rings. The molecule has 0 saturated carbocycles. The van der Waals surface area contributed by atoms with Crippen LogP contribution >= 0.6 is 0 Å². The maximum absolute atomic E-state index is 5.60. The Morgan fingerprint density at radius 2 is 1.93 bits per heavy atom. The Bertz CT molecular complexity index is 248. The molecule has 1 atom stereocenters. The van der Waals surface area contributed by atoms with Crippen molar-refractivity contribution in [3.63, 3.8) is 0 Å². The lowest BCUT2D eigenvalue weighted by Crippen LogP contribution is -2.07. The quantitative estimate of drug-likeness (QED) is 0.698. The van der Waals surface area contributed by atoms with E-state index in [-0.39, 0.29) is 0 Å². The van der Waals surface area contributed by atoms with Gasteiger partial charge in [-0.05, 0) is 43.9 Å². The summed E-state index contributed by atoms with van der Waals surface area (Å²) in [6, 6.07) is 9.96. The molecule has 1 rings (SSSR count). The van der Waals surface area contributed by atoms with Crippen LogP contribution in [-0.4, -0.2) is 13.2 Å². The second-order valence-electron chi connectivity index (χ2n) is 3.99. The third kappa shape index (κ3) is 5.43. The second-order valence-corrected chi connectivity index (χ2v) is 3.99. The number of nitrogens with two attached hydrogens (primary N) is 1. The zero-order valence-corrected chi connectivity index (χ0v) is 9.49. The molecule has 2 N–H and O–H groups in total. The maximum atomic E-state index is 5.60. The minimum Gasteiger partial charge on any atom is -0.494 e. The molecule has 2 heteroatoms. The molecule has 0 amide bonds. The van der Waals surface area contributed by atoms with Crippen LogP contribution in [0.4, 0.5) is 0 Å². The van der Waals surface area contributed by atoms with Crippen LogP contribution in [0.25, 0.3) is 0 Å². The van der Waals surface area contributed by atoms with Gasteiger partial charge in [-0.1, -0.05) is 25.1 Å². The summed E-state index contributed by atoms with van der Waals surface area (Å²) in [7, 11) is 0. The Morgan fingerprint density at radius 3 is 2.60 bits per heavy atom. The van der Waals surface area contributed by atoms with Crippen molar-refractivity contribution in [3.05, 3.63) is 30.3 Å². The highest BCUT2D eigenvalue weighted by molar-refractivity contribution is 5.20. The fraction of sp³-hybridized carbons (Fsp3) is 0.538. The highest BCUT2D eigenvalue weighted by Gasteiger charge is 2.00. The summed E-state index contributed by atoms with van der Waals surface area (Å²) in [5.41, 5.74) is 5.49. The van der Waals surface area contributed by atoms with Crippen LogP contribution < -0.4 is 10.5 Å². The van der Waals surface area contributed by atoms with E-state index in [0.29, 0.717) is 0 Å². The van der Waals surface area contributed by atoms with Gasteiger partial charge in [0.2, 0.25) is 0 Å². The largest absolute Gasteiger partial charge is 0.494 e. The van der Waals surface area contributed by atoms with Gasteiger partial charge in [0.05, 0.1) is 6.61 Å². The van der Waals surface area contributed by atoms with E-state index in [1.54, 1.807) is 0 Å². The summed E-state index contributed by atoms with van der Waals surface area (Å²) in [6.07, 6.45) is 3.42. The average Bonchev–Trinajstić information content (AvgIpc) is 2.26. The first-order chi connectivity index (χ1) is 7.33. The van der Waals surface area contributed by atoms with Crippen LogP contribution in [0.1, 0.15) is 26.2 Å². The van der Waals surface area contributed by atoms with Crippen molar-refractivity contribution in [1.82, 2.24) is 0 Å². The van der Waals surface area contributed by atoms with Crippen LogP contribution in [0, 0.1) is 5.92 Å². The summed E-state index contributed by atoms with van der Waals surface area (Å²) < 4.78 is 5.60. The standard InChI is InChI=1S/C13H21NO/c1-12(9-10-14)6-5-11-15-13-7-3-2-4-8-13/h2-4,7-8,12H,5-6,9-11,14H2,1H3. The van der Waals surface area contributed by atoms with Gasteiger partial charge in [-0.15, -0.1) is 0 Å². The molecular weight excluding hydrogens is 186 g/mol. The summed E-state index contributed by atoms with van der Waals surface area (Å²) in [4.78, 5) is 0. The first kappa shape index (κ1) is 12.1. The summed E-state index contributed by atoms with van der Waals surface area (Å²) in [5.74, 6) is 1.68. The molecule has 0 heterocycles. The lowest BCUT2D eigenvalue weighted by Gasteiger charge is -2.10. The number of rotatable bonds is 7. The van der Waals surface area contributed by atoms with Crippen LogP contribution in [0.15, 0.2) is 30.3 Å². The third-order valence-electron chi connectivity index (χ3n) is 2.51. The zero-order chi connectivity index (χ0) is 10.9. The normalized spacial score (nSPS) is 12.4. The first-order valence-electron chi connectivity index (χ1n) is 5.71. The fourth-order valence-electron chi connectivity index (χ4n) is 1.57. The molecule has 0 radical (unpaired) electrons. The van der Waals surface area contributed by atoms with Crippen LogP contribution in [0.3, 0.4) is 0 Å². The monoisotopic (exact) mass is 207 g/mol. The Morgan fingerprint density at radius 1 is 1.20 bits per heavy atom. The molecule has 84 valence electrons. The lowest BCUT2D eigenvalue weighted by molar-refractivity contribution is 0.293. The van der Waals surface area contributed by atoms with E-state index in [1.165, 1.54) is 6.42 Å². The second kappa shape index (κ2) is 7.30. The number of ether oxygens (including phenoxy) is 1. The average molecular weight is 207 g/mol. The molecule has 15 heavy (non-hydrogen) atoms. The molecule has 0 aromatic heterocycles. The fourth-order valence-corrected chi connectivity index (χ4v) is 1.57. The van der Waals surface area contributed by atoms with Crippen molar-refractivity contribution >= 4 is 0 Å². The molecule has 0 aliphatic heterocycles. The molecule has 0 spiro atoms. The lowest BCUT2D eigenvalue weighted by atomic mass is 10.0. The van der Waals surface area contributed by atoms with Crippen LogP contribution in [0.2, 0.25) is 0 Å². The van der Waals surface area contributed by atoms with Gasteiger partial charge >= 0.3 is 0 Å². The number of para-hydroxylation sites is 1. The molecule has 2 nitrogen and oxygen atoms in total. The zero-order valence-electron chi connectivity index (χ0n) is 9.49. The maximum Gasteiger partial charge on any atom is 0.119 e. The third-order valence-corrected chi connectivity index (χ3v) is 2.51. The van der Waals surface area contributed by atoms with Crippen molar-refractivity contribution < 1.29 is 4.74 Å². The van der Waals surface area contributed by atoms with E-state index in [0.717, 1.165) is 37.7 Å². The molecule has 0 bridgehead atoms. The minimum absolute atomic E-state index is 0.717. The number of benzene rings is 1. The van der Waals surface area contributed by atoms with Gasteiger partial charge < -0.3 is 10.5 Å². The Balaban J connectivity index is 2.07. The topological polar surface area (TPSA) is 35.2 Å². The first-order valence-corrected chi connectivity index (χ1v) is 5.71. The van der Waals surface area contributed by atoms with E-state index in [2.05, 4.69) is 6.92 Å². The van der Waals surface area contributed by atoms with Gasteiger partial charge in [0.25, 0.3) is 0 Å². The van der Waals surface area contributed by atoms with Crippen molar-refractivity contribution in [3.8, 4) is 5.75 Å². The van der Waals surface area contributed by atoms with E-state index in [4.69, 9.17) is 10.5 Å². The Kier molecular flexibility index (Phi) is 5.86. The predicted molar refractivity (Wildman–Crippen MR) is 64.0 cm³/mol. The van der Waals surface area contributed by atoms with E-state index in [1.807, 2.05) is 30.3 Å². The smallest absolute Gasteiger partial charge is 0.119 e. The van der Waals surface area contributed by atoms with E-state index >= 15 is 0 Å². The van der Waals surface area contributed by atoms with Gasteiger partial charge in [0.1, 0.15) is 5.75 Å². The van der Waals surface area contributed by atoms with Crippen molar-refractivity contribution in [1.29, 1.82) is 0 Å². The SMILES string of the molecule is CC(CCN)CCCOc1ccccc1. The summed E-state index contributed by atoms with van der Waals surface area (Å²) in [6.45, 7) is 3.84. The van der Waals surface area contributed by atoms with Gasteiger partial charge in [-0.3, -0.25) is 0 Å². The van der Waals surface area contributed by atoms with Crippen molar-refractivity contribution in [2.75, 3.05) is 13.2 Å². The van der Waals surface area contributed by atoms with Gasteiger partial charge in [-0.25, -0.2) is 0 Å². The van der Waals surface area contributed by atoms with E-state index < -0.39 is 0 Å². The molecule has 1 aromatic rings. The number of hydrogen-bond donors (Lipinski definition) is 1. The molecule has 0 saturated heterocycles. The van der Waals surface area contributed by atoms with E-state index in [9.17, 15) is 0 Å². The summed E-state index contributed by atoms with van der Waals surface area (Å²) in [5, 5.41) is 0. The van der Waals surface area contributed by atoms with Gasteiger partial charge in [0.15, 0.2) is 0 Å². The minimum atomic E-state index is 0.717. The number of hydrogen-bond acceptors (Lipinski definition) is 2. The molecule has 0 aliphatic carbocycles. The molecule has 1 aromatic carbocycles. The predicted octanol–water partition coefficient (Wildman–Crippen LogP) is 2.83. The van der Waals surface area contributed by atoms with Gasteiger partial charge in [0, 0.05) is 0 Å². The van der Waals surface area contributed by atoms with Crippen molar-refractivity contribution in [2.45, 2.75) is 26.2 Å². The Hall–Kier alpha value is -1.02. The molecular formula is C13H21NO.